The van der Waals surface area contributed by atoms with Crippen LogP contribution in [-0.2, 0) is 25.8 Å². The van der Waals surface area contributed by atoms with Crippen LogP contribution >= 0.6 is 34.7 Å². The molecule has 1 fully saturated rings. The Labute approximate surface area is 234 Å². The van der Waals surface area contributed by atoms with Crippen molar-refractivity contribution in [2.45, 2.75) is 18.0 Å². The topological polar surface area (TPSA) is 179 Å². The molecule has 13 nitrogen and oxygen atoms in total. The van der Waals surface area contributed by atoms with E-state index in [2.05, 4.69) is 21.5 Å². The molecule has 2 amide bonds. The van der Waals surface area contributed by atoms with Crippen LogP contribution in [0.15, 0.2) is 52.5 Å². The lowest BCUT2D eigenvalue weighted by Gasteiger charge is -2.49. The number of pyridine rings is 1. The number of nitriles is 1. The largest absolute Gasteiger partial charge is 0.477 e. The van der Waals surface area contributed by atoms with E-state index in [-0.39, 0.29) is 41.3 Å². The molecule has 1 saturated heterocycles. The van der Waals surface area contributed by atoms with Crippen molar-refractivity contribution in [2.75, 3.05) is 24.0 Å². The standard InChI is InChI=1S/C23H19ClN8O5S2/c24-3-6-37-29-16(14-11-39-23(26)27-14)19(33)28-17-20(34)32-18(22(35)36)13(10-38-21(17)32)9-31-5-4-30-8-12(7-25)1-2-15(30)31/h1-2,4-5,8,11,17,21H,3,6,9-10H2,(H3-,26,27,28,33,35,36)/p+1/t17-,21+/m1/s1. The molecule has 3 aromatic rings. The first-order valence-corrected chi connectivity index (χ1v) is 13.9. The zero-order chi connectivity index (χ0) is 27.7. The minimum absolute atomic E-state index is 0.0524. The van der Waals surface area contributed by atoms with Gasteiger partial charge >= 0.3 is 5.97 Å². The maximum Gasteiger partial charge on any atom is 0.352 e. The maximum absolute atomic E-state index is 13.1. The van der Waals surface area contributed by atoms with Crippen LogP contribution in [0.5, 0.6) is 0 Å². The number of hydrogen-bond donors (Lipinski definition) is 3. The zero-order valence-electron chi connectivity index (χ0n) is 20.0. The van der Waals surface area contributed by atoms with E-state index in [1.54, 1.807) is 35.1 Å². The number of oxime groups is 1. The van der Waals surface area contributed by atoms with Crippen LogP contribution in [0, 0.1) is 11.3 Å². The van der Waals surface area contributed by atoms with Gasteiger partial charge in [-0.05, 0) is 6.07 Å². The molecule has 16 heteroatoms. The fraction of sp³-hybridized carbons (Fsp3) is 0.261. The average Bonchev–Trinajstić information content (AvgIpc) is 3.54. The number of halogens is 1. The van der Waals surface area contributed by atoms with E-state index >= 15 is 0 Å². The monoisotopic (exact) mass is 587 g/mol. The second kappa shape index (κ2) is 10.9. The summed E-state index contributed by atoms with van der Waals surface area (Å²) in [5, 5.41) is 26.7. The number of fused-ring (bicyclic) bond motifs is 2. The molecular weight excluding hydrogens is 568 g/mol. The molecule has 0 radical (unpaired) electrons. The molecule has 5 rings (SSSR count). The fourth-order valence-corrected chi connectivity index (χ4v) is 6.22. The fourth-order valence-electron chi connectivity index (χ4n) is 4.27. The molecule has 0 spiro atoms. The second-order valence-corrected chi connectivity index (χ2v) is 10.7. The van der Waals surface area contributed by atoms with Crippen molar-refractivity contribution in [2.24, 2.45) is 5.16 Å². The van der Waals surface area contributed by atoms with Crippen molar-refractivity contribution >= 4 is 69.0 Å². The summed E-state index contributed by atoms with van der Waals surface area (Å²) in [5.74, 6) is -2.03. The van der Waals surface area contributed by atoms with Gasteiger partial charge in [0.15, 0.2) is 10.8 Å². The number of carboxylic acids is 1. The van der Waals surface area contributed by atoms with Gasteiger partial charge in [-0.15, -0.1) is 34.7 Å². The second-order valence-electron chi connectivity index (χ2n) is 8.37. The number of thioether (sulfide) groups is 1. The molecule has 0 aromatic carbocycles. The molecule has 2 atom stereocenters. The first-order chi connectivity index (χ1) is 18.8. The van der Waals surface area contributed by atoms with Crippen molar-refractivity contribution in [1.29, 1.82) is 5.26 Å². The van der Waals surface area contributed by atoms with Crippen molar-refractivity contribution in [3.8, 4) is 6.07 Å². The molecule has 0 saturated carbocycles. The zero-order valence-corrected chi connectivity index (χ0v) is 22.4. The van der Waals surface area contributed by atoms with Crippen LogP contribution in [0.4, 0.5) is 5.13 Å². The summed E-state index contributed by atoms with van der Waals surface area (Å²) >= 11 is 8.07. The molecular formula is C23H20ClN8O5S2+. The van der Waals surface area contributed by atoms with Crippen LogP contribution in [-0.4, -0.2) is 72.5 Å². The van der Waals surface area contributed by atoms with Gasteiger partial charge < -0.3 is 21.0 Å². The highest BCUT2D eigenvalue weighted by molar-refractivity contribution is 8.00. The smallest absolute Gasteiger partial charge is 0.352 e. The van der Waals surface area contributed by atoms with Gasteiger partial charge in [0.2, 0.25) is 0 Å². The van der Waals surface area contributed by atoms with Gasteiger partial charge in [0.25, 0.3) is 17.5 Å². The average molecular weight is 588 g/mol. The van der Waals surface area contributed by atoms with E-state index in [0.29, 0.717) is 16.9 Å². The van der Waals surface area contributed by atoms with E-state index in [4.69, 9.17) is 27.4 Å². The lowest BCUT2D eigenvalue weighted by atomic mass is 10.0. The number of imidazole rings is 1. The van der Waals surface area contributed by atoms with Gasteiger partial charge in [0.1, 0.15) is 60.6 Å². The number of carboxylic acid groups (broad SMARTS) is 1. The van der Waals surface area contributed by atoms with E-state index in [1.807, 2.05) is 4.57 Å². The summed E-state index contributed by atoms with van der Waals surface area (Å²) in [4.78, 5) is 48.8. The quantitative estimate of drug-likeness (QED) is 0.0804. The summed E-state index contributed by atoms with van der Waals surface area (Å²) in [7, 11) is 0. The lowest BCUT2D eigenvalue weighted by Crippen LogP contribution is -2.71. The van der Waals surface area contributed by atoms with Crippen LogP contribution in [0.1, 0.15) is 11.3 Å². The number of carbonyl (C=O) groups excluding carboxylic acids is 2. The predicted molar refractivity (Wildman–Crippen MR) is 142 cm³/mol. The normalized spacial score (nSPS) is 18.9. The first-order valence-electron chi connectivity index (χ1n) is 11.4. The summed E-state index contributed by atoms with van der Waals surface area (Å²) < 4.78 is 3.61. The molecule has 39 heavy (non-hydrogen) atoms. The number of nitrogens with one attached hydrogen (secondary N) is 1. The van der Waals surface area contributed by atoms with E-state index < -0.39 is 29.2 Å². The van der Waals surface area contributed by atoms with E-state index in [9.17, 15) is 19.5 Å². The number of nitrogens with zero attached hydrogens (tertiary/aromatic N) is 6. The number of aliphatic carboxylic acids is 1. The number of anilines is 1. The summed E-state index contributed by atoms with van der Waals surface area (Å²) in [5.41, 5.74) is 7.36. The molecule has 0 aliphatic carbocycles. The molecule has 4 N–H and O–H groups in total. The number of amides is 2. The molecule has 5 heterocycles. The Balaban J connectivity index is 1.36. The Bertz CT molecular complexity index is 1590. The number of hydrogen-bond acceptors (Lipinski definition) is 10. The Morgan fingerprint density at radius 1 is 1.44 bits per heavy atom. The molecule has 2 aliphatic rings. The maximum atomic E-state index is 13.1. The van der Waals surface area contributed by atoms with Gasteiger partial charge in [-0.2, -0.15) is 5.26 Å². The first kappa shape index (κ1) is 26.5. The third-order valence-electron chi connectivity index (χ3n) is 5.99. The SMILES string of the molecule is N#Cc1ccc2n(cc[n+]2CC2=C(C(=O)O)N3C(=O)[C@@H](NC(=O)C(=NOCCCl)c4csc(N)n4)[C@@H]3SC2)c1. The number of aromatic nitrogens is 3. The number of carbonyl (C=O) groups is 3. The Hall–Kier alpha value is -4.13. The van der Waals surface area contributed by atoms with Crippen molar-refractivity contribution in [3.05, 3.63) is 58.6 Å². The summed E-state index contributed by atoms with van der Waals surface area (Å²) in [6.45, 7) is 0.279. The van der Waals surface area contributed by atoms with Gasteiger partial charge in [-0.25, -0.2) is 18.7 Å². The number of nitrogens with two attached hydrogens (primary N) is 1. The van der Waals surface area contributed by atoms with Crippen molar-refractivity contribution in [1.82, 2.24) is 19.6 Å². The molecule has 2 aliphatic heterocycles. The molecule has 0 unspecified atom stereocenters. The highest BCUT2D eigenvalue weighted by Crippen LogP contribution is 2.40. The predicted octanol–water partition coefficient (Wildman–Crippen LogP) is 0.535. The van der Waals surface area contributed by atoms with Gasteiger partial charge in [0.05, 0.1) is 11.4 Å². The molecule has 0 bridgehead atoms. The number of β-lactam (4-membered cyclic amide) rings is 1. The Morgan fingerprint density at radius 2 is 2.26 bits per heavy atom. The van der Waals surface area contributed by atoms with Crippen molar-refractivity contribution in [3.63, 3.8) is 0 Å². The van der Waals surface area contributed by atoms with Gasteiger partial charge in [0, 0.05) is 22.8 Å². The van der Waals surface area contributed by atoms with Crippen LogP contribution < -0.4 is 15.6 Å². The molecule has 3 aromatic heterocycles. The summed E-state index contributed by atoms with van der Waals surface area (Å²) in [6.07, 6.45) is 5.22. The van der Waals surface area contributed by atoms with Gasteiger partial charge in [-0.3, -0.25) is 14.5 Å². The minimum atomic E-state index is -1.24. The number of rotatable bonds is 9. The van der Waals surface area contributed by atoms with E-state index in [0.717, 1.165) is 17.0 Å². The highest BCUT2D eigenvalue weighted by Gasteiger charge is 2.54. The third kappa shape index (κ3) is 5.01. The minimum Gasteiger partial charge on any atom is -0.477 e. The Kier molecular flexibility index (Phi) is 7.42. The highest BCUT2D eigenvalue weighted by atomic mass is 35.5. The van der Waals surface area contributed by atoms with Crippen LogP contribution in [0.2, 0.25) is 0 Å². The third-order valence-corrected chi connectivity index (χ3v) is 8.15. The summed E-state index contributed by atoms with van der Waals surface area (Å²) in [6, 6.07) is 4.55. The lowest BCUT2D eigenvalue weighted by molar-refractivity contribution is -0.662. The Morgan fingerprint density at radius 3 is 2.95 bits per heavy atom. The van der Waals surface area contributed by atoms with Crippen LogP contribution in [0.25, 0.3) is 5.65 Å². The number of nitrogen functional groups attached to an aromatic ring is 1. The number of thiazole rings is 1. The van der Waals surface area contributed by atoms with E-state index in [1.165, 1.54) is 22.0 Å². The van der Waals surface area contributed by atoms with Crippen LogP contribution in [0.3, 0.4) is 0 Å². The van der Waals surface area contributed by atoms with Gasteiger partial charge in [-0.1, -0.05) is 5.16 Å². The molecule has 200 valence electrons. The number of alkyl halides is 1. The van der Waals surface area contributed by atoms with Crippen molar-refractivity contribution < 1.29 is 28.9 Å².